The number of amides is 1. The molecular formula is C14H19N5O3S2. The van der Waals surface area contributed by atoms with E-state index in [0.717, 1.165) is 10.7 Å². The van der Waals surface area contributed by atoms with E-state index in [0.29, 0.717) is 31.7 Å². The Kier molecular flexibility index (Phi) is 4.70. The Morgan fingerprint density at radius 3 is 2.96 bits per heavy atom. The van der Waals surface area contributed by atoms with Gasteiger partial charge in [0.05, 0.1) is 29.5 Å². The quantitative estimate of drug-likeness (QED) is 0.840. The lowest BCUT2D eigenvalue weighted by molar-refractivity contribution is 0.0945. The molecule has 0 unspecified atom stereocenters. The maximum atomic E-state index is 12.0. The molecule has 10 heteroatoms. The van der Waals surface area contributed by atoms with Crippen molar-refractivity contribution in [3.05, 3.63) is 34.0 Å². The highest BCUT2D eigenvalue weighted by atomic mass is 32.2. The van der Waals surface area contributed by atoms with Crippen molar-refractivity contribution in [2.75, 3.05) is 19.3 Å². The average Bonchev–Trinajstić information content (AvgIpc) is 3.14. The number of hydrogen-bond donors (Lipinski definition) is 1. The summed E-state index contributed by atoms with van der Waals surface area (Å²) in [4.78, 5) is 16.2. The van der Waals surface area contributed by atoms with Gasteiger partial charge in [0.2, 0.25) is 10.0 Å². The molecule has 0 radical (unpaired) electrons. The van der Waals surface area contributed by atoms with Gasteiger partial charge in [0.25, 0.3) is 5.91 Å². The number of aryl methyl sites for hydroxylation is 1. The van der Waals surface area contributed by atoms with Gasteiger partial charge < -0.3 is 5.32 Å². The van der Waals surface area contributed by atoms with E-state index in [1.165, 1.54) is 21.9 Å². The van der Waals surface area contributed by atoms with Crippen LogP contribution in [0.4, 0.5) is 0 Å². The van der Waals surface area contributed by atoms with Gasteiger partial charge in [-0.2, -0.15) is 9.40 Å². The first-order valence-corrected chi connectivity index (χ1v) is 10.3. The zero-order valence-electron chi connectivity index (χ0n) is 13.5. The van der Waals surface area contributed by atoms with Crippen LogP contribution in [0.2, 0.25) is 0 Å². The fourth-order valence-corrected chi connectivity index (χ4v) is 4.13. The summed E-state index contributed by atoms with van der Waals surface area (Å²) in [6.07, 6.45) is 3.47. The molecule has 0 fully saturated rings. The molecule has 2 aromatic heterocycles. The zero-order chi connectivity index (χ0) is 17.3. The summed E-state index contributed by atoms with van der Waals surface area (Å²) in [5.41, 5.74) is 1.27. The lowest BCUT2D eigenvalue weighted by Crippen LogP contribution is -2.41. The molecule has 1 aliphatic rings. The third-order valence-corrected chi connectivity index (χ3v) is 5.92. The second kappa shape index (κ2) is 6.61. The molecular weight excluding hydrogens is 350 g/mol. The number of carbonyl (C=O) groups is 1. The van der Waals surface area contributed by atoms with E-state index in [9.17, 15) is 13.2 Å². The molecule has 0 saturated carbocycles. The zero-order valence-corrected chi connectivity index (χ0v) is 15.1. The molecule has 1 amide bonds. The first-order chi connectivity index (χ1) is 11.3. The third kappa shape index (κ3) is 3.65. The second-order valence-corrected chi connectivity index (χ2v) is 8.82. The monoisotopic (exact) mass is 369 g/mol. The van der Waals surface area contributed by atoms with Crippen molar-refractivity contribution < 1.29 is 13.2 Å². The molecule has 130 valence electrons. The highest BCUT2D eigenvalue weighted by molar-refractivity contribution is 7.88. The molecule has 0 spiro atoms. The molecule has 0 bridgehead atoms. The smallest absolute Gasteiger partial charge is 0.270 e. The van der Waals surface area contributed by atoms with Gasteiger partial charge in [-0.25, -0.2) is 13.4 Å². The van der Waals surface area contributed by atoms with Crippen molar-refractivity contribution in [3.63, 3.8) is 0 Å². The Morgan fingerprint density at radius 2 is 2.29 bits per heavy atom. The number of nitrogens with zero attached hydrogens (tertiary/aromatic N) is 4. The SMILES string of the molecule is Cc1nc(C(=O)NCC[C@H]2CN(S(C)(=O)=O)Cc3ccnn32)cs1. The molecule has 0 aliphatic carbocycles. The van der Waals surface area contributed by atoms with Crippen molar-refractivity contribution in [2.24, 2.45) is 0 Å². The predicted octanol–water partition coefficient (Wildman–Crippen LogP) is 0.784. The van der Waals surface area contributed by atoms with Crippen molar-refractivity contribution >= 4 is 27.3 Å². The minimum atomic E-state index is -3.26. The minimum absolute atomic E-state index is 0.101. The third-order valence-electron chi connectivity index (χ3n) is 3.93. The van der Waals surface area contributed by atoms with Crippen LogP contribution < -0.4 is 5.32 Å². The number of fused-ring (bicyclic) bond motifs is 1. The van der Waals surface area contributed by atoms with Gasteiger partial charge in [-0.15, -0.1) is 11.3 Å². The number of hydrogen-bond acceptors (Lipinski definition) is 6. The molecule has 1 atom stereocenters. The van der Waals surface area contributed by atoms with Crippen LogP contribution in [-0.2, 0) is 16.6 Å². The Morgan fingerprint density at radius 1 is 1.50 bits per heavy atom. The number of sulfonamides is 1. The number of thiazole rings is 1. The summed E-state index contributed by atoms with van der Waals surface area (Å²) in [6.45, 7) is 2.97. The van der Waals surface area contributed by atoms with E-state index in [2.05, 4.69) is 15.4 Å². The van der Waals surface area contributed by atoms with E-state index in [1.54, 1.807) is 11.6 Å². The summed E-state index contributed by atoms with van der Waals surface area (Å²) in [6, 6.07) is 1.72. The van der Waals surface area contributed by atoms with Crippen LogP contribution in [0.3, 0.4) is 0 Å². The largest absolute Gasteiger partial charge is 0.351 e. The summed E-state index contributed by atoms with van der Waals surface area (Å²) < 4.78 is 27.0. The maximum Gasteiger partial charge on any atom is 0.270 e. The number of aromatic nitrogens is 3. The first kappa shape index (κ1) is 17.1. The lowest BCUT2D eigenvalue weighted by Gasteiger charge is -2.32. The number of rotatable bonds is 5. The van der Waals surface area contributed by atoms with Gasteiger partial charge in [-0.3, -0.25) is 9.48 Å². The Labute approximate surface area is 144 Å². The van der Waals surface area contributed by atoms with Gasteiger partial charge in [0.1, 0.15) is 5.69 Å². The number of carbonyl (C=O) groups excluding carboxylic acids is 1. The van der Waals surface area contributed by atoms with Crippen LogP contribution in [0, 0.1) is 6.92 Å². The lowest BCUT2D eigenvalue weighted by atomic mass is 10.1. The van der Waals surface area contributed by atoms with Crippen molar-refractivity contribution in [1.29, 1.82) is 0 Å². The van der Waals surface area contributed by atoms with Crippen molar-refractivity contribution in [2.45, 2.75) is 25.9 Å². The highest BCUT2D eigenvalue weighted by Crippen LogP contribution is 2.24. The molecule has 1 aliphatic heterocycles. The maximum absolute atomic E-state index is 12.0. The number of nitrogens with one attached hydrogen (secondary N) is 1. The molecule has 24 heavy (non-hydrogen) atoms. The Bertz CT molecular complexity index is 842. The first-order valence-electron chi connectivity index (χ1n) is 7.52. The van der Waals surface area contributed by atoms with Crippen molar-refractivity contribution in [1.82, 2.24) is 24.4 Å². The van der Waals surface area contributed by atoms with E-state index in [1.807, 2.05) is 17.7 Å². The average molecular weight is 369 g/mol. The molecule has 3 heterocycles. The second-order valence-electron chi connectivity index (χ2n) is 5.77. The minimum Gasteiger partial charge on any atom is -0.351 e. The Balaban J connectivity index is 1.63. The molecule has 1 N–H and O–H groups in total. The van der Waals surface area contributed by atoms with E-state index in [4.69, 9.17) is 0 Å². The molecule has 0 saturated heterocycles. The van der Waals surface area contributed by atoms with Crippen LogP contribution in [0.5, 0.6) is 0 Å². The Hall–Kier alpha value is -1.78. The highest BCUT2D eigenvalue weighted by Gasteiger charge is 2.30. The van der Waals surface area contributed by atoms with E-state index < -0.39 is 10.0 Å². The standard InChI is InChI=1S/C14H19N5O3S2/c1-10-17-13(9-23-10)14(20)15-5-3-11-7-18(24(2,21)22)8-12-4-6-16-19(11)12/h4,6,9,11H,3,5,7-8H2,1-2H3,(H,15,20)/t11-/m0/s1. The van der Waals surface area contributed by atoms with E-state index in [-0.39, 0.29) is 11.9 Å². The van der Waals surface area contributed by atoms with Crippen LogP contribution in [-0.4, -0.2) is 52.7 Å². The van der Waals surface area contributed by atoms with Crippen LogP contribution >= 0.6 is 11.3 Å². The fourth-order valence-electron chi connectivity index (χ4n) is 2.73. The van der Waals surface area contributed by atoms with Crippen LogP contribution in [0.15, 0.2) is 17.6 Å². The molecule has 8 nitrogen and oxygen atoms in total. The normalized spacial score (nSPS) is 18.3. The summed E-state index contributed by atoms with van der Waals surface area (Å²) >= 11 is 1.43. The van der Waals surface area contributed by atoms with Gasteiger partial charge in [-0.1, -0.05) is 0 Å². The van der Waals surface area contributed by atoms with Gasteiger partial charge in [-0.05, 0) is 19.4 Å². The van der Waals surface area contributed by atoms with Gasteiger partial charge >= 0.3 is 0 Å². The van der Waals surface area contributed by atoms with Gasteiger partial charge in [0.15, 0.2) is 0 Å². The molecule has 0 aromatic carbocycles. The van der Waals surface area contributed by atoms with E-state index >= 15 is 0 Å². The predicted molar refractivity (Wildman–Crippen MR) is 90.3 cm³/mol. The fraction of sp³-hybridized carbons (Fsp3) is 0.500. The summed E-state index contributed by atoms with van der Waals surface area (Å²) in [5, 5.41) is 9.69. The topological polar surface area (TPSA) is 97.2 Å². The molecule has 3 rings (SSSR count). The summed E-state index contributed by atoms with van der Waals surface area (Å²) in [5.74, 6) is -0.212. The van der Waals surface area contributed by atoms with Crippen LogP contribution in [0.1, 0.15) is 33.7 Å². The van der Waals surface area contributed by atoms with Gasteiger partial charge in [0, 0.05) is 24.7 Å². The summed E-state index contributed by atoms with van der Waals surface area (Å²) in [7, 11) is -3.26. The van der Waals surface area contributed by atoms with Crippen LogP contribution in [0.25, 0.3) is 0 Å². The van der Waals surface area contributed by atoms with Crippen molar-refractivity contribution in [3.8, 4) is 0 Å². The molecule has 2 aromatic rings.